The number of carbonyl (C=O) groups is 1. The molecule has 3 rings (SSSR count). The van der Waals surface area contributed by atoms with Crippen LogP contribution in [0, 0.1) is 0 Å². The third-order valence-electron chi connectivity index (χ3n) is 4.33. The molecule has 3 heterocycles. The van der Waals surface area contributed by atoms with E-state index in [0.717, 1.165) is 56.0 Å². The summed E-state index contributed by atoms with van der Waals surface area (Å²) in [6, 6.07) is 1.71. The van der Waals surface area contributed by atoms with Crippen LogP contribution >= 0.6 is 11.3 Å². The second kappa shape index (κ2) is 7.95. The second-order valence-corrected chi connectivity index (χ2v) is 7.45. The summed E-state index contributed by atoms with van der Waals surface area (Å²) in [7, 11) is 0. The van der Waals surface area contributed by atoms with Gasteiger partial charge in [0.2, 0.25) is 16.0 Å². The fourth-order valence-corrected chi connectivity index (χ4v) is 4.11. The van der Waals surface area contributed by atoms with E-state index in [1.165, 1.54) is 15.9 Å². The molecule has 1 N–H and O–H groups in total. The molecule has 1 fully saturated rings. The van der Waals surface area contributed by atoms with Gasteiger partial charge in [-0.05, 0) is 25.7 Å². The molecule has 1 aliphatic heterocycles. The Morgan fingerprint density at radius 1 is 1.40 bits per heavy atom. The van der Waals surface area contributed by atoms with Crippen molar-refractivity contribution in [1.82, 2.24) is 19.9 Å². The summed E-state index contributed by atoms with van der Waals surface area (Å²) in [5, 5.41) is 8.36. The lowest BCUT2D eigenvalue weighted by atomic mass is 10.1. The molecule has 1 amide bonds. The summed E-state index contributed by atoms with van der Waals surface area (Å²) in [4.78, 5) is 31.4. The van der Waals surface area contributed by atoms with Crippen LogP contribution in [0.4, 0.5) is 5.13 Å². The minimum absolute atomic E-state index is 0.112. The van der Waals surface area contributed by atoms with Crippen LogP contribution in [0.1, 0.15) is 51.6 Å². The highest BCUT2D eigenvalue weighted by atomic mass is 32.1. The van der Waals surface area contributed by atoms with Gasteiger partial charge in [0, 0.05) is 37.3 Å². The molecule has 1 aliphatic rings. The van der Waals surface area contributed by atoms with Gasteiger partial charge in [-0.25, -0.2) is 4.98 Å². The predicted molar refractivity (Wildman–Crippen MR) is 99.4 cm³/mol. The van der Waals surface area contributed by atoms with Crippen LogP contribution in [0.3, 0.4) is 0 Å². The number of aryl methyl sites for hydroxylation is 1. The first-order valence-electron chi connectivity index (χ1n) is 9.04. The van der Waals surface area contributed by atoms with Crippen molar-refractivity contribution in [3.63, 3.8) is 0 Å². The van der Waals surface area contributed by atoms with E-state index in [4.69, 9.17) is 0 Å². The number of carbonyl (C=O) groups excluding carboxylic acids is 1. The fraction of sp³-hybridized carbons (Fsp3) is 0.647. The smallest absolute Gasteiger partial charge is 0.275 e. The Labute approximate surface area is 151 Å². The predicted octanol–water partition coefficient (Wildman–Crippen LogP) is 1.99. The Morgan fingerprint density at radius 2 is 2.24 bits per heavy atom. The SMILES string of the molecule is CCCC(=O)NC1CCCN(c2nn3c(=O)cc(CCC)nc3s2)C1. The summed E-state index contributed by atoms with van der Waals surface area (Å²) in [6.45, 7) is 5.69. The summed E-state index contributed by atoms with van der Waals surface area (Å²) in [5.74, 6) is 0.112. The molecule has 136 valence electrons. The maximum absolute atomic E-state index is 12.2. The number of nitrogens with zero attached hydrogens (tertiary/aromatic N) is 4. The van der Waals surface area contributed by atoms with Gasteiger partial charge < -0.3 is 10.2 Å². The molecule has 2 aromatic heterocycles. The van der Waals surface area contributed by atoms with Gasteiger partial charge >= 0.3 is 0 Å². The average molecular weight is 363 g/mol. The quantitative estimate of drug-likeness (QED) is 0.849. The van der Waals surface area contributed by atoms with E-state index in [9.17, 15) is 9.59 Å². The summed E-state index contributed by atoms with van der Waals surface area (Å²) in [6.07, 6.45) is 5.16. The summed E-state index contributed by atoms with van der Waals surface area (Å²) >= 11 is 1.44. The van der Waals surface area contributed by atoms with Crippen LogP contribution < -0.4 is 15.8 Å². The zero-order chi connectivity index (χ0) is 17.8. The summed E-state index contributed by atoms with van der Waals surface area (Å²) in [5.41, 5.74) is 0.701. The molecule has 0 saturated carbocycles. The van der Waals surface area contributed by atoms with E-state index in [-0.39, 0.29) is 17.5 Å². The van der Waals surface area contributed by atoms with Crippen LogP contribution in [0.25, 0.3) is 4.96 Å². The molecule has 0 aliphatic carbocycles. The van der Waals surface area contributed by atoms with Crippen LogP contribution in [0.2, 0.25) is 0 Å². The van der Waals surface area contributed by atoms with Crippen LogP contribution in [-0.2, 0) is 11.2 Å². The Balaban J connectivity index is 1.77. The Bertz CT molecular complexity index is 800. The topological polar surface area (TPSA) is 79.6 Å². The number of rotatable bonds is 6. The number of aromatic nitrogens is 3. The van der Waals surface area contributed by atoms with Gasteiger partial charge in [0.25, 0.3) is 5.56 Å². The lowest BCUT2D eigenvalue weighted by Gasteiger charge is -2.32. The van der Waals surface area contributed by atoms with Crippen molar-refractivity contribution in [2.45, 2.75) is 58.4 Å². The third kappa shape index (κ3) is 4.18. The van der Waals surface area contributed by atoms with Crippen LogP contribution in [-0.4, -0.2) is 39.6 Å². The zero-order valence-electron chi connectivity index (χ0n) is 14.8. The molecule has 8 heteroatoms. The number of hydrogen-bond acceptors (Lipinski definition) is 6. The molecule has 1 atom stereocenters. The first kappa shape index (κ1) is 17.8. The zero-order valence-corrected chi connectivity index (χ0v) is 15.6. The molecule has 0 spiro atoms. The molecule has 1 unspecified atom stereocenters. The molecule has 2 aromatic rings. The third-order valence-corrected chi connectivity index (χ3v) is 5.30. The van der Waals surface area contributed by atoms with Crippen molar-refractivity contribution in [2.24, 2.45) is 0 Å². The van der Waals surface area contributed by atoms with Crippen LogP contribution in [0.5, 0.6) is 0 Å². The van der Waals surface area contributed by atoms with E-state index < -0.39 is 0 Å². The number of hydrogen-bond donors (Lipinski definition) is 1. The van der Waals surface area contributed by atoms with Gasteiger partial charge in [0.05, 0.1) is 0 Å². The van der Waals surface area contributed by atoms with E-state index >= 15 is 0 Å². The monoisotopic (exact) mass is 363 g/mol. The van der Waals surface area contributed by atoms with Crippen molar-refractivity contribution in [3.8, 4) is 0 Å². The average Bonchev–Trinajstić information content (AvgIpc) is 3.00. The molecule has 0 aromatic carbocycles. The van der Waals surface area contributed by atoms with Gasteiger partial charge in [-0.15, -0.1) is 5.10 Å². The van der Waals surface area contributed by atoms with E-state index in [1.807, 2.05) is 6.92 Å². The standard InChI is InChI=1S/C17H25N5O2S/c1-3-6-12-10-15(24)22-16(19-12)25-17(20-22)21-9-5-8-13(11-21)18-14(23)7-4-2/h10,13H,3-9,11H2,1-2H3,(H,18,23). The Kier molecular flexibility index (Phi) is 5.67. The molecule has 1 saturated heterocycles. The molecule has 7 nitrogen and oxygen atoms in total. The van der Waals surface area contributed by atoms with Crippen molar-refractivity contribution < 1.29 is 4.79 Å². The highest BCUT2D eigenvalue weighted by Crippen LogP contribution is 2.25. The van der Waals surface area contributed by atoms with Gasteiger partial charge in [-0.1, -0.05) is 31.6 Å². The number of fused-ring (bicyclic) bond motifs is 1. The van der Waals surface area contributed by atoms with Crippen molar-refractivity contribution in [2.75, 3.05) is 18.0 Å². The normalized spacial score (nSPS) is 17.8. The van der Waals surface area contributed by atoms with Crippen molar-refractivity contribution in [3.05, 3.63) is 22.1 Å². The van der Waals surface area contributed by atoms with E-state index in [0.29, 0.717) is 11.4 Å². The highest BCUT2D eigenvalue weighted by Gasteiger charge is 2.24. The van der Waals surface area contributed by atoms with Gasteiger partial charge in [0.1, 0.15) is 0 Å². The maximum Gasteiger partial charge on any atom is 0.275 e. The number of nitrogens with one attached hydrogen (secondary N) is 1. The molecule has 0 bridgehead atoms. The Morgan fingerprint density at radius 3 is 3.00 bits per heavy atom. The fourth-order valence-electron chi connectivity index (χ4n) is 3.15. The molecular weight excluding hydrogens is 338 g/mol. The lowest BCUT2D eigenvalue weighted by Crippen LogP contribution is -2.47. The maximum atomic E-state index is 12.2. The van der Waals surface area contributed by atoms with Crippen LogP contribution in [0.15, 0.2) is 10.9 Å². The Hall–Kier alpha value is -1.96. The first-order chi connectivity index (χ1) is 12.1. The highest BCUT2D eigenvalue weighted by molar-refractivity contribution is 7.20. The van der Waals surface area contributed by atoms with Gasteiger partial charge in [-0.3, -0.25) is 9.59 Å². The second-order valence-electron chi connectivity index (χ2n) is 6.52. The van der Waals surface area contributed by atoms with Gasteiger partial charge in [-0.2, -0.15) is 4.52 Å². The molecule has 25 heavy (non-hydrogen) atoms. The molecular formula is C17H25N5O2S. The van der Waals surface area contributed by atoms with Crippen molar-refractivity contribution >= 4 is 27.3 Å². The largest absolute Gasteiger partial charge is 0.352 e. The number of piperidine rings is 1. The summed E-state index contributed by atoms with van der Waals surface area (Å²) < 4.78 is 1.39. The minimum Gasteiger partial charge on any atom is -0.352 e. The molecule has 0 radical (unpaired) electrons. The first-order valence-corrected chi connectivity index (χ1v) is 9.86. The minimum atomic E-state index is -0.124. The van der Waals surface area contributed by atoms with Crippen molar-refractivity contribution in [1.29, 1.82) is 0 Å². The van der Waals surface area contributed by atoms with E-state index in [2.05, 4.69) is 27.2 Å². The number of amides is 1. The number of anilines is 1. The van der Waals surface area contributed by atoms with E-state index in [1.54, 1.807) is 6.07 Å². The van der Waals surface area contributed by atoms with Gasteiger partial charge in [0.15, 0.2) is 0 Å². The lowest BCUT2D eigenvalue weighted by molar-refractivity contribution is -0.121.